The minimum atomic E-state index is 0.0926. The minimum Gasteiger partial charge on any atom is -0.485 e. The number of rotatable bonds is 0. The predicted octanol–water partition coefficient (Wildman–Crippen LogP) is 1.03. The SMILES string of the molecule is CC(=O)N(C)C.CN=C(C)NC.CN=C(C)OC. The fourth-order valence-electron chi connectivity index (χ4n) is 0.203. The van der Waals surface area contributed by atoms with Gasteiger partial charge in [0.25, 0.3) is 0 Å². The Morgan fingerprint density at radius 2 is 1.50 bits per heavy atom. The van der Waals surface area contributed by atoms with E-state index in [0.29, 0.717) is 0 Å². The van der Waals surface area contributed by atoms with Gasteiger partial charge in [-0.25, -0.2) is 0 Å². The Kier molecular flexibility index (Phi) is 18.6. The molecule has 0 saturated carbocycles. The van der Waals surface area contributed by atoms with Crippen molar-refractivity contribution in [2.24, 2.45) is 9.98 Å². The quantitative estimate of drug-likeness (QED) is 0.522. The van der Waals surface area contributed by atoms with Crippen LogP contribution in [0, 0.1) is 0 Å². The van der Waals surface area contributed by atoms with Crippen LogP contribution in [-0.4, -0.2) is 64.9 Å². The zero-order chi connectivity index (χ0) is 15.1. The number of methoxy groups -OCH3 is 1. The van der Waals surface area contributed by atoms with E-state index in [1.165, 1.54) is 11.8 Å². The zero-order valence-electron chi connectivity index (χ0n) is 13.2. The maximum absolute atomic E-state index is 10.1. The van der Waals surface area contributed by atoms with Crippen LogP contribution in [0.3, 0.4) is 0 Å². The van der Waals surface area contributed by atoms with Gasteiger partial charge in [-0.1, -0.05) is 0 Å². The smallest absolute Gasteiger partial charge is 0.218 e. The fraction of sp³-hybridized carbons (Fsp3) is 0.750. The molecule has 0 atom stereocenters. The van der Waals surface area contributed by atoms with Crippen LogP contribution in [0.1, 0.15) is 20.8 Å². The van der Waals surface area contributed by atoms with E-state index < -0.39 is 0 Å². The fourth-order valence-corrected chi connectivity index (χ4v) is 0.203. The van der Waals surface area contributed by atoms with Gasteiger partial charge in [-0.3, -0.25) is 14.8 Å². The summed E-state index contributed by atoms with van der Waals surface area (Å²) < 4.78 is 4.65. The van der Waals surface area contributed by atoms with E-state index in [4.69, 9.17) is 0 Å². The van der Waals surface area contributed by atoms with Crippen molar-refractivity contribution in [3.05, 3.63) is 0 Å². The summed E-state index contributed by atoms with van der Waals surface area (Å²) in [6.07, 6.45) is 0. The number of aliphatic imine (C=N–C) groups is 2. The first-order valence-electron chi connectivity index (χ1n) is 5.53. The molecular formula is C12H28N4O2. The van der Waals surface area contributed by atoms with Crippen LogP contribution in [0.4, 0.5) is 0 Å². The molecule has 0 saturated heterocycles. The number of hydrogen-bond acceptors (Lipinski definition) is 4. The average molecular weight is 260 g/mol. The topological polar surface area (TPSA) is 66.3 Å². The van der Waals surface area contributed by atoms with Gasteiger partial charge in [0, 0.05) is 49.1 Å². The number of carbonyl (C=O) groups excluding carboxylic acids is 1. The first kappa shape index (κ1) is 21.7. The van der Waals surface area contributed by atoms with Crippen LogP contribution in [-0.2, 0) is 9.53 Å². The minimum absolute atomic E-state index is 0.0926. The van der Waals surface area contributed by atoms with Gasteiger partial charge in [0.15, 0.2) is 5.90 Å². The van der Waals surface area contributed by atoms with Gasteiger partial charge in [-0.05, 0) is 6.92 Å². The highest BCUT2D eigenvalue weighted by Crippen LogP contribution is 1.70. The number of nitrogens with zero attached hydrogens (tertiary/aromatic N) is 3. The Balaban J connectivity index is -0.000000187. The third kappa shape index (κ3) is 23.9. The number of amidine groups is 1. The first-order chi connectivity index (χ1) is 8.26. The van der Waals surface area contributed by atoms with Crippen molar-refractivity contribution in [2.45, 2.75) is 20.8 Å². The first-order valence-corrected chi connectivity index (χ1v) is 5.53. The van der Waals surface area contributed by atoms with Crippen molar-refractivity contribution in [3.8, 4) is 0 Å². The molecule has 0 aromatic rings. The van der Waals surface area contributed by atoms with Gasteiger partial charge in [0.05, 0.1) is 12.9 Å². The zero-order valence-corrected chi connectivity index (χ0v) is 13.2. The Bertz CT molecular complexity index is 243. The van der Waals surface area contributed by atoms with Crippen molar-refractivity contribution >= 4 is 17.6 Å². The number of amides is 1. The Hall–Kier alpha value is -1.59. The van der Waals surface area contributed by atoms with Crippen molar-refractivity contribution in [3.63, 3.8) is 0 Å². The summed E-state index contributed by atoms with van der Waals surface area (Å²) in [5.41, 5.74) is 0. The predicted molar refractivity (Wildman–Crippen MR) is 78.5 cm³/mol. The van der Waals surface area contributed by atoms with E-state index in [1.54, 1.807) is 42.2 Å². The molecule has 0 aliphatic heterocycles. The molecule has 1 N–H and O–H groups in total. The van der Waals surface area contributed by atoms with Gasteiger partial charge in [-0.15, -0.1) is 0 Å². The van der Waals surface area contributed by atoms with Gasteiger partial charge in [0.2, 0.25) is 5.91 Å². The maximum Gasteiger partial charge on any atom is 0.218 e. The lowest BCUT2D eigenvalue weighted by atomic mass is 10.7. The lowest BCUT2D eigenvalue weighted by Crippen LogP contribution is -2.17. The van der Waals surface area contributed by atoms with E-state index in [-0.39, 0.29) is 5.91 Å². The summed E-state index contributed by atoms with van der Waals surface area (Å²) in [5.74, 6) is 1.78. The van der Waals surface area contributed by atoms with Crippen molar-refractivity contribution in [1.82, 2.24) is 10.2 Å². The molecule has 0 aliphatic rings. The number of carbonyl (C=O) groups is 1. The summed E-state index contributed by atoms with van der Waals surface area (Å²) >= 11 is 0. The van der Waals surface area contributed by atoms with E-state index in [2.05, 4.69) is 20.0 Å². The molecule has 0 heterocycles. The molecular weight excluding hydrogens is 232 g/mol. The third-order valence-corrected chi connectivity index (χ3v) is 1.94. The molecule has 0 rings (SSSR count). The molecule has 0 fully saturated rings. The monoisotopic (exact) mass is 260 g/mol. The molecule has 6 heteroatoms. The second-order valence-corrected chi connectivity index (χ2v) is 3.42. The van der Waals surface area contributed by atoms with E-state index >= 15 is 0 Å². The molecule has 108 valence electrons. The molecule has 0 radical (unpaired) electrons. The van der Waals surface area contributed by atoms with E-state index in [9.17, 15) is 4.79 Å². The summed E-state index contributed by atoms with van der Waals surface area (Å²) in [4.78, 5) is 19.1. The lowest BCUT2D eigenvalue weighted by Gasteiger charge is -2.02. The second kappa shape index (κ2) is 15.4. The van der Waals surface area contributed by atoms with E-state index in [0.717, 1.165) is 11.7 Å². The number of ether oxygens (including phenoxy) is 1. The molecule has 0 aromatic carbocycles. The summed E-state index contributed by atoms with van der Waals surface area (Å²) in [6, 6.07) is 0. The third-order valence-electron chi connectivity index (χ3n) is 1.94. The van der Waals surface area contributed by atoms with Crippen LogP contribution in [0.25, 0.3) is 0 Å². The highest BCUT2D eigenvalue weighted by Gasteiger charge is 1.87. The van der Waals surface area contributed by atoms with Crippen molar-refractivity contribution < 1.29 is 9.53 Å². The standard InChI is InChI=1S/C4H10N2.2C4H9NO/c2*1-4(5-2)6-3;1-4(6)5(2)3/h1-3H3,(H,5,6);2*1-3H3. The van der Waals surface area contributed by atoms with Crippen LogP contribution < -0.4 is 5.32 Å². The highest BCUT2D eigenvalue weighted by atomic mass is 16.5. The Morgan fingerprint density at radius 1 is 1.11 bits per heavy atom. The molecule has 6 nitrogen and oxygen atoms in total. The molecule has 0 aromatic heterocycles. The molecule has 1 amide bonds. The number of hydrogen-bond donors (Lipinski definition) is 1. The van der Waals surface area contributed by atoms with Crippen LogP contribution >= 0.6 is 0 Å². The molecule has 0 spiro atoms. The molecule has 0 unspecified atom stereocenters. The maximum atomic E-state index is 10.1. The van der Waals surface area contributed by atoms with Crippen molar-refractivity contribution in [1.29, 1.82) is 0 Å². The molecule has 0 aliphatic carbocycles. The van der Waals surface area contributed by atoms with Gasteiger partial charge in [0.1, 0.15) is 0 Å². The highest BCUT2D eigenvalue weighted by molar-refractivity contribution is 5.78. The van der Waals surface area contributed by atoms with Crippen LogP contribution in [0.15, 0.2) is 9.98 Å². The second-order valence-electron chi connectivity index (χ2n) is 3.42. The summed E-state index contributed by atoms with van der Waals surface area (Å²) in [6.45, 7) is 5.25. The Morgan fingerprint density at radius 3 is 1.50 bits per heavy atom. The largest absolute Gasteiger partial charge is 0.485 e. The molecule has 18 heavy (non-hydrogen) atoms. The summed E-state index contributed by atoms with van der Waals surface area (Å²) in [7, 11) is 10.3. The van der Waals surface area contributed by atoms with Crippen LogP contribution in [0.5, 0.6) is 0 Å². The van der Waals surface area contributed by atoms with Gasteiger partial charge < -0.3 is 15.0 Å². The molecule has 0 bridgehead atoms. The lowest BCUT2D eigenvalue weighted by molar-refractivity contribution is -0.126. The van der Waals surface area contributed by atoms with Crippen LogP contribution in [0.2, 0.25) is 0 Å². The Labute approximate surface area is 111 Å². The van der Waals surface area contributed by atoms with Crippen molar-refractivity contribution in [2.75, 3.05) is 42.3 Å². The van der Waals surface area contributed by atoms with Gasteiger partial charge in [-0.2, -0.15) is 0 Å². The number of nitrogens with one attached hydrogen (secondary N) is 1. The summed E-state index contributed by atoms with van der Waals surface area (Å²) in [5, 5.41) is 2.86. The van der Waals surface area contributed by atoms with Gasteiger partial charge >= 0.3 is 0 Å². The van der Waals surface area contributed by atoms with E-state index in [1.807, 2.05) is 14.0 Å². The average Bonchev–Trinajstić information content (AvgIpc) is 2.37. The normalized spacial score (nSPS) is 10.3.